The zero-order chi connectivity index (χ0) is 23.9. The normalized spacial score (nSPS) is 17.3. The molecule has 34 heavy (non-hydrogen) atoms. The number of benzene rings is 2. The fraction of sp³-hybridized carbons (Fsp3) is 0.280. The number of carbonyl (C=O) groups excluding carboxylic acids is 1. The third-order valence-electron chi connectivity index (χ3n) is 6.16. The second-order valence-electron chi connectivity index (χ2n) is 8.39. The van der Waals surface area contributed by atoms with Crippen LogP contribution in [0.3, 0.4) is 0 Å². The van der Waals surface area contributed by atoms with Crippen molar-refractivity contribution in [3.8, 4) is 28.5 Å². The SMILES string of the molecule is COc1cc(-c2nnc3n2CCCC3(O)C(=O)Nc2ccccc2C)ccc1-c1cnc(C)o1. The first-order valence-corrected chi connectivity index (χ1v) is 11.0. The van der Waals surface area contributed by atoms with Gasteiger partial charge in [0.15, 0.2) is 23.3 Å². The van der Waals surface area contributed by atoms with Gasteiger partial charge in [-0.05, 0) is 43.5 Å². The number of aryl methyl sites for hydroxylation is 2. The van der Waals surface area contributed by atoms with Gasteiger partial charge in [0.2, 0.25) is 5.60 Å². The fourth-order valence-electron chi connectivity index (χ4n) is 4.31. The van der Waals surface area contributed by atoms with Crippen LogP contribution in [-0.4, -0.2) is 37.9 Å². The summed E-state index contributed by atoms with van der Waals surface area (Å²) < 4.78 is 13.0. The van der Waals surface area contributed by atoms with Crippen LogP contribution in [0.4, 0.5) is 5.69 Å². The van der Waals surface area contributed by atoms with Crippen LogP contribution in [0.5, 0.6) is 5.75 Å². The van der Waals surface area contributed by atoms with Crippen LogP contribution in [-0.2, 0) is 16.9 Å². The van der Waals surface area contributed by atoms with Crippen LogP contribution in [0, 0.1) is 13.8 Å². The molecule has 0 radical (unpaired) electrons. The van der Waals surface area contributed by atoms with E-state index >= 15 is 0 Å². The number of hydrogen-bond donors (Lipinski definition) is 2. The molecular weight excluding hydrogens is 434 g/mol. The van der Waals surface area contributed by atoms with Crippen LogP contribution < -0.4 is 10.1 Å². The van der Waals surface area contributed by atoms with Crippen molar-refractivity contribution < 1.29 is 19.1 Å². The van der Waals surface area contributed by atoms with Crippen molar-refractivity contribution in [1.82, 2.24) is 19.7 Å². The van der Waals surface area contributed by atoms with Gasteiger partial charge in [-0.2, -0.15) is 0 Å². The Morgan fingerprint density at radius 2 is 2.03 bits per heavy atom. The zero-order valence-electron chi connectivity index (χ0n) is 19.2. The van der Waals surface area contributed by atoms with Gasteiger partial charge in [0.1, 0.15) is 5.75 Å². The number of hydrogen-bond acceptors (Lipinski definition) is 7. The monoisotopic (exact) mass is 459 g/mol. The molecule has 9 nitrogen and oxygen atoms in total. The predicted molar refractivity (Wildman–Crippen MR) is 125 cm³/mol. The number of oxazole rings is 1. The van der Waals surface area contributed by atoms with Crippen molar-refractivity contribution in [2.24, 2.45) is 0 Å². The molecule has 1 atom stereocenters. The number of aromatic nitrogens is 4. The first-order chi connectivity index (χ1) is 16.4. The van der Waals surface area contributed by atoms with Gasteiger partial charge in [-0.3, -0.25) is 4.79 Å². The number of aliphatic hydroxyl groups is 1. The number of amides is 1. The summed E-state index contributed by atoms with van der Waals surface area (Å²) >= 11 is 0. The molecule has 1 aliphatic rings. The molecule has 0 saturated carbocycles. The van der Waals surface area contributed by atoms with Crippen LogP contribution in [0.25, 0.3) is 22.7 Å². The van der Waals surface area contributed by atoms with E-state index in [4.69, 9.17) is 9.15 Å². The quantitative estimate of drug-likeness (QED) is 0.466. The first-order valence-electron chi connectivity index (χ1n) is 11.0. The Hall–Kier alpha value is -3.98. The molecule has 0 spiro atoms. The standard InChI is InChI=1S/C25H25N5O4/c1-15-7-4-5-8-19(15)27-24(31)25(32)11-6-12-30-22(28-29-23(25)30)17-9-10-18(20(13-17)33-3)21-14-26-16(2)34-21/h4-5,7-10,13-14,32H,6,11-12H2,1-3H3,(H,27,31). The Kier molecular flexibility index (Phi) is 5.41. The molecule has 0 aliphatic carbocycles. The molecule has 2 aromatic heterocycles. The Balaban J connectivity index is 1.50. The topological polar surface area (TPSA) is 115 Å². The molecule has 1 amide bonds. The van der Waals surface area contributed by atoms with Gasteiger partial charge in [0, 0.05) is 24.7 Å². The van der Waals surface area contributed by atoms with E-state index in [-0.39, 0.29) is 12.2 Å². The molecule has 4 aromatic rings. The van der Waals surface area contributed by atoms with E-state index in [2.05, 4.69) is 20.5 Å². The lowest BCUT2D eigenvalue weighted by Crippen LogP contribution is -2.45. The summed E-state index contributed by atoms with van der Waals surface area (Å²) in [5.41, 5.74) is 1.29. The summed E-state index contributed by atoms with van der Waals surface area (Å²) in [6.45, 7) is 4.27. The lowest BCUT2D eigenvalue weighted by atomic mass is 9.92. The van der Waals surface area contributed by atoms with Gasteiger partial charge in [-0.15, -0.1) is 10.2 Å². The van der Waals surface area contributed by atoms with Crippen molar-refractivity contribution in [2.75, 3.05) is 12.4 Å². The first kappa shape index (κ1) is 21.8. The number of ether oxygens (including phenoxy) is 1. The number of methoxy groups -OCH3 is 1. The van der Waals surface area contributed by atoms with Gasteiger partial charge in [0.05, 0.1) is 18.9 Å². The van der Waals surface area contributed by atoms with Crippen molar-refractivity contribution in [2.45, 2.75) is 38.8 Å². The average Bonchev–Trinajstić information content (AvgIpc) is 3.47. The van der Waals surface area contributed by atoms with Gasteiger partial charge < -0.3 is 24.1 Å². The van der Waals surface area contributed by atoms with E-state index in [0.29, 0.717) is 41.9 Å². The number of carbonyl (C=O) groups is 1. The summed E-state index contributed by atoms with van der Waals surface area (Å²) in [5.74, 6) is 2.02. The maximum absolute atomic E-state index is 13.2. The molecule has 9 heteroatoms. The van der Waals surface area contributed by atoms with Crippen molar-refractivity contribution in [3.63, 3.8) is 0 Å². The summed E-state index contributed by atoms with van der Waals surface area (Å²) in [4.78, 5) is 17.3. The third-order valence-corrected chi connectivity index (χ3v) is 6.16. The number of nitrogens with zero attached hydrogens (tertiary/aromatic N) is 4. The van der Waals surface area contributed by atoms with E-state index in [1.165, 1.54) is 0 Å². The molecule has 3 heterocycles. The van der Waals surface area contributed by atoms with Gasteiger partial charge in [-0.1, -0.05) is 24.3 Å². The number of fused-ring (bicyclic) bond motifs is 1. The van der Waals surface area contributed by atoms with E-state index in [9.17, 15) is 9.90 Å². The minimum Gasteiger partial charge on any atom is -0.496 e. The van der Waals surface area contributed by atoms with Crippen LogP contribution in [0.15, 0.2) is 53.1 Å². The maximum atomic E-state index is 13.2. The van der Waals surface area contributed by atoms with Gasteiger partial charge >= 0.3 is 0 Å². The second kappa shape index (κ2) is 8.42. The largest absolute Gasteiger partial charge is 0.496 e. The number of anilines is 1. The minimum absolute atomic E-state index is 0.230. The number of rotatable bonds is 5. The molecule has 2 aromatic carbocycles. The molecule has 0 fully saturated rings. The molecule has 174 valence electrons. The average molecular weight is 460 g/mol. The molecule has 1 unspecified atom stereocenters. The Bertz CT molecular complexity index is 1380. The molecular formula is C25H25N5O4. The molecule has 0 bridgehead atoms. The van der Waals surface area contributed by atoms with E-state index in [1.807, 2.05) is 43.3 Å². The lowest BCUT2D eigenvalue weighted by molar-refractivity contribution is -0.138. The Morgan fingerprint density at radius 1 is 1.21 bits per heavy atom. The third kappa shape index (κ3) is 3.63. The second-order valence-corrected chi connectivity index (χ2v) is 8.39. The highest BCUT2D eigenvalue weighted by Crippen LogP contribution is 2.38. The van der Waals surface area contributed by atoms with Crippen molar-refractivity contribution in [1.29, 1.82) is 0 Å². The smallest absolute Gasteiger partial charge is 0.264 e. The number of nitrogens with one attached hydrogen (secondary N) is 1. The van der Waals surface area contributed by atoms with Crippen molar-refractivity contribution in [3.05, 3.63) is 65.9 Å². The minimum atomic E-state index is -1.78. The molecule has 2 N–H and O–H groups in total. The van der Waals surface area contributed by atoms with E-state index < -0.39 is 11.5 Å². The highest BCUT2D eigenvalue weighted by Gasteiger charge is 2.45. The van der Waals surface area contributed by atoms with E-state index in [0.717, 1.165) is 16.7 Å². The van der Waals surface area contributed by atoms with E-state index in [1.54, 1.807) is 30.9 Å². The summed E-state index contributed by atoms with van der Waals surface area (Å²) in [5, 5.41) is 22.8. The Labute approximate surface area is 196 Å². The molecule has 5 rings (SSSR count). The lowest BCUT2D eigenvalue weighted by Gasteiger charge is -2.31. The number of para-hydroxylation sites is 1. The predicted octanol–water partition coefficient (Wildman–Crippen LogP) is 3.85. The van der Waals surface area contributed by atoms with Crippen molar-refractivity contribution >= 4 is 11.6 Å². The van der Waals surface area contributed by atoms with Gasteiger partial charge in [0.25, 0.3) is 5.91 Å². The molecule has 0 saturated heterocycles. The highest BCUT2D eigenvalue weighted by atomic mass is 16.5. The van der Waals surface area contributed by atoms with Crippen LogP contribution in [0.2, 0.25) is 0 Å². The maximum Gasteiger partial charge on any atom is 0.264 e. The van der Waals surface area contributed by atoms with Crippen LogP contribution >= 0.6 is 0 Å². The molecule has 1 aliphatic heterocycles. The summed E-state index contributed by atoms with van der Waals surface area (Å²) in [7, 11) is 1.58. The zero-order valence-corrected chi connectivity index (χ0v) is 19.2. The summed E-state index contributed by atoms with van der Waals surface area (Å²) in [6.07, 6.45) is 2.51. The van der Waals surface area contributed by atoms with Gasteiger partial charge in [-0.25, -0.2) is 4.98 Å². The summed E-state index contributed by atoms with van der Waals surface area (Å²) in [6, 6.07) is 13.0. The fourth-order valence-corrected chi connectivity index (χ4v) is 4.31. The van der Waals surface area contributed by atoms with Crippen LogP contribution in [0.1, 0.15) is 30.1 Å². The highest BCUT2D eigenvalue weighted by molar-refractivity contribution is 5.98. The Morgan fingerprint density at radius 3 is 2.76 bits per heavy atom.